The highest BCUT2D eigenvalue weighted by Crippen LogP contribution is 2.15. The zero-order valence-corrected chi connectivity index (χ0v) is 31.5. The lowest BCUT2D eigenvalue weighted by Crippen LogP contribution is -2.25. The Morgan fingerprint density at radius 3 is 1.40 bits per heavy atom. The van der Waals surface area contributed by atoms with Gasteiger partial charge in [-0.1, -0.05) is 179 Å². The number of allylic oxidation sites excluding steroid dienone is 5. The molecule has 0 aromatic heterocycles. The molecule has 0 bridgehead atoms. The molecule has 0 radical (unpaired) electrons. The largest absolute Gasteiger partial charge is 0.463 e. The van der Waals surface area contributed by atoms with Crippen LogP contribution < -0.4 is 0 Å². The van der Waals surface area contributed by atoms with Gasteiger partial charge in [0, 0.05) is 12.8 Å². The van der Waals surface area contributed by atoms with Crippen LogP contribution in [0, 0.1) is 5.92 Å². The number of aliphatic hydroxyl groups excluding tert-OH is 2. The molecule has 0 aliphatic carbocycles. The fraction of sp³-hybridized carbons (Fsp3) is 0.810. The lowest BCUT2D eigenvalue weighted by atomic mass is 10.0. The van der Waals surface area contributed by atoms with Gasteiger partial charge in [0.2, 0.25) is 0 Å². The molecule has 0 saturated carbocycles. The van der Waals surface area contributed by atoms with Crippen LogP contribution in [0.4, 0.5) is 0 Å². The number of hydrogen-bond acceptors (Lipinski definition) is 6. The molecule has 0 aromatic rings. The zero-order chi connectivity index (χ0) is 35.3. The summed E-state index contributed by atoms with van der Waals surface area (Å²) in [5.41, 5.74) is 0. The van der Waals surface area contributed by atoms with Crippen molar-refractivity contribution in [2.24, 2.45) is 5.92 Å². The van der Waals surface area contributed by atoms with Crippen molar-refractivity contribution in [3.8, 4) is 0 Å². The van der Waals surface area contributed by atoms with Crippen LogP contribution in [-0.2, 0) is 19.1 Å². The van der Waals surface area contributed by atoms with E-state index in [0.29, 0.717) is 12.8 Å². The summed E-state index contributed by atoms with van der Waals surface area (Å²) in [6.45, 7) is 6.45. The van der Waals surface area contributed by atoms with Crippen molar-refractivity contribution in [3.63, 3.8) is 0 Å². The Hall–Kier alpha value is -1.92. The topological polar surface area (TPSA) is 93.1 Å². The maximum atomic E-state index is 12.0. The van der Waals surface area contributed by atoms with Crippen molar-refractivity contribution in [2.45, 2.75) is 200 Å². The Bertz CT molecular complexity index is 802. The standard InChI is InChI=1S/C42H76O6/c1-4-5-6-7-17-22-27-32-39(43)33-28-23-20-25-30-35-42(46)48-37-40(44)36-47-41(45)34-29-24-19-16-14-12-10-8-9-11-13-15-18-21-26-31-38(2)3/h5-6,17,22,27,32,38-40,43-44H,4,7-16,18-21,23-26,28-31,33-37H2,1-3H3/b6-5+,22-17+,32-27+/t39?,40-/m0/s1. The third-order valence-corrected chi connectivity index (χ3v) is 8.67. The normalized spacial score (nSPS) is 13.3. The third-order valence-electron chi connectivity index (χ3n) is 8.67. The number of esters is 2. The van der Waals surface area contributed by atoms with E-state index in [1.165, 1.54) is 83.5 Å². The SMILES string of the molecule is CC/C=C/C/C=C/C=C/C(O)CCCCCCCC(=O)OC[C@@H](O)COC(=O)CCCCCCCCCCCCCCCCCC(C)C. The summed E-state index contributed by atoms with van der Waals surface area (Å²) < 4.78 is 10.3. The van der Waals surface area contributed by atoms with Crippen molar-refractivity contribution < 1.29 is 29.3 Å². The van der Waals surface area contributed by atoms with Crippen LogP contribution in [0.15, 0.2) is 36.5 Å². The number of rotatable bonds is 35. The van der Waals surface area contributed by atoms with Crippen LogP contribution in [0.25, 0.3) is 0 Å². The van der Waals surface area contributed by atoms with Gasteiger partial charge in [0.05, 0.1) is 6.10 Å². The van der Waals surface area contributed by atoms with Gasteiger partial charge in [-0.05, 0) is 38.0 Å². The second-order valence-corrected chi connectivity index (χ2v) is 14.1. The van der Waals surface area contributed by atoms with E-state index in [0.717, 1.165) is 76.5 Å². The molecule has 2 atom stereocenters. The molecule has 1 unspecified atom stereocenters. The second kappa shape index (κ2) is 36.4. The van der Waals surface area contributed by atoms with Crippen molar-refractivity contribution in [1.29, 1.82) is 0 Å². The molecule has 48 heavy (non-hydrogen) atoms. The Kier molecular flexibility index (Phi) is 34.9. The van der Waals surface area contributed by atoms with Gasteiger partial charge in [-0.25, -0.2) is 0 Å². The maximum absolute atomic E-state index is 12.0. The number of hydrogen-bond donors (Lipinski definition) is 2. The van der Waals surface area contributed by atoms with E-state index >= 15 is 0 Å². The maximum Gasteiger partial charge on any atom is 0.305 e. The first-order chi connectivity index (χ1) is 23.3. The van der Waals surface area contributed by atoms with Crippen molar-refractivity contribution >= 4 is 11.9 Å². The van der Waals surface area contributed by atoms with Crippen LogP contribution in [-0.4, -0.2) is 47.6 Å². The molecule has 0 saturated heterocycles. The fourth-order valence-electron chi connectivity index (χ4n) is 5.63. The Morgan fingerprint density at radius 2 is 0.958 bits per heavy atom. The molecule has 0 rings (SSSR count). The first-order valence-corrected chi connectivity index (χ1v) is 20.0. The number of carbonyl (C=O) groups excluding carboxylic acids is 2. The third kappa shape index (κ3) is 36.9. The molecule has 0 spiro atoms. The van der Waals surface area contributed by atoms with Gasteiger partial charge in [0.15, 0.2) is 0 Å². The summed E-state index contributed by atoms with van der Waals surface area (Å²) in [6.07, 6.45) is 39.4. The van der Waals surface area contributed by atoms with Crippen LogP contribution in [0.5, 0.6) is 0 Å². The van der Waals surface area contributed by atoms with E-state index in [-0.39, 0.29) is 25.2 Å². The van der Waals surface area contributed by atoms with E-state index in [2.05, 4.69) is 39.0 Å². The molecule has 0 fully saturated rings. The average molecular weight is 677 g/mol. The number of unbranched alkanes of at least 4 members (excludes halogenated alkanes) is 18. The Balaban J connectivity index is 3.49. The monoisotopic (exact) mass is 677 g/mol. The van der Waals surface area contributed by atoms with Crippen LogP contribution in [0.2, 0.25) is 0 Å². The van der Waals surface area contributed by atoms with Gasteiger partial charge in [0.1, 0.15) is 19.3 Å². The van der Waals surface area contributed by atoms with Gasteiger partial charge in [-0.15, -0.1) is 0 Å². The summed E-state index contributed by atoms with van der Waals surface area (Å²) in [4.78, 5) is 23.9. The van der Waals surface area contributed by atoms with Gasteiger partial charge >= 0.3 is 11.9 Å². The van der Waals surface area contributed by atoms with Crippen LogP contribution >= 0.6 is 0 Å². The van der Waals surface area contributed by atoms with Crippen molar-refractivity contribution in [1.82, 2.24) is 0 Å². The van der Waals surface area contributed by atoms with Gasteiger partial charge in [0.25, 0.3) is 0 Å². The summed E-state index contributed by atoms with van der Waals surface area (Å²) >= 11 is 0. The minimum absolute atomic E-state index is 0.141. The molecule has 280 valence electrons. The number of aliphatic hydroxyl groups is 2. The van der Waals surface area contributed by atoms with Crippen molar-refractivity contribution in [2.75, 3.05) is 13.2 Å². The van der Waals surface area contributed by atoms with E-state index in [1.54, 1.807) is 0 Å². The summed E-state index contributed by atoms with van der Waals surface area (Å²) in [6, 6.07) is 0. The molecule has 6 nitrogen and oxygen atoms in total. The molecular weight excluding hydrogens is 600 g/mol. The zero-order valence-electron chi connectivity index (χ0n) is 31.5. The highest BCUT2D eigenvalue weighted by Gasteiger charge is 2.12. The number of carbonyl (C=O) groups is 2. The summed E-state index contributed by atoms with van der Waals surface area (Å²) in [7, 11) is 0. The predicted molar refractivity (Wildman–Crippen MR) is 202 cm³/mol. The lowest BCUT2D eigenvalue weighted by Gasteiger charge is -2.12. The van der Waals surface area contributed by atoms with E-state index in [4.69, 9.17) is 9.47 Å². The first-order valence-electron chi connectivity index (χ1n) is 20.0. The Morgan fingerprint density at radius 1 is 0.542 bits per heavy atom. The minimum atomic E-state index is -0.994. The average Bonchev–Trinajstić information content (AvgIpc) is 3.06. The summed E-state index contributed by atoms with van der Waals surface area (Å²) in [5, 5.41) is 20.0. The smallest absolute Gasteiger partial charge is 0.305 e. The van der Waals surface area contributed by atoms with E-state index < -0.39 is 12.2 Å². The lowest BCUT2D eigenvalue weighted by molar-refractivity contribution is -0.152. The molecular formula is C42H76O6. The summed E-state index contributed by atoms with van der Waals surface area (Å²) in [5.74, 6) is 0.215. The first kappa shape index (κ1) is 46.1. The Labute approximate surface area is 296 Å². The molecule has 0 aliphatic rings. The molecule has 6 heteroatoms. The van der Waals surface area contributed by atoms with Crippen LogP contribution in [0.3, 0.4) is 0 Å². The van der Waals surface area contributed by atoms with E-state index in [9.17, 15) is 19.8 Å². The van der Waals surface area contributed by atoms with Crippen molar-refractivity contribution in [3.05, 3.63) is 36.5 Å². The second-order valence-electron chi connectivity index (χ2n) is 14.1. The van der Waals surface area contributed by atoms with Gasteiger partial charge < -0.3 is 19.7 Å². The number of ether oxygens (including phenoxy) is 2. The molecule has 0 aromatic carbocycles. The minimum Gasteiger partial charge on any atom is -0.463 e. The molecule has 2 N–H and O–H groups in total. The molecule has 0 aliphatic heterocycles. The molecule has 0 amide bonds. The predicted octanol–water partition coefficient (Wildman–Crippen LogP) is 11.3. The van der Waals surface area contributed by atoms with Crippen LogP contribution in [0.1, 0.15) is 188 Å². The highest BCUT2D eigenvalue weighted by molar-refractivity contribution is 5.69. The fourth-order valence-corrected chi connectivity index (χ4v) is 5.63. The molecule has 0 heterocycles. The van der Waals surface area contributed by atoms with Gasteiger partial charge in [-0.2, -0.15) is 0 Å². The quantitative estimate of drug-likeness (QED) is 0.0300. The van der Waals surface area contributed by atoms with Gasteiger partial charge in [-0.3, -0.25) is 9.59 Å². The van der Waals surface area contributed by atoms with E-state index in [1.807, 2.05) is 18.2 Å². The highest BCUT2D eigenvalue weighted by atomic mass is 16.6.